The lowest BCUT2D eigenvalue weighted by Gasteiger charge is -2.06. The number of nitrogens with one attached hydrogen (secondary N) is 2. The maximum atomic E-state index is 12.8. The van der Waals surface area contributed by atoms with Crippen molar-refractivity contribution in [3.05, 3.63) is 29.8 Å². The van der Waals surface area contributed by atoms with Crippen molar-refractivity contribution in [1.29, 1.82) is 0 Å². The van der Waals surface area contributed by atoms with Gasteiger partial charge < -0.3 is 10.6 Å². The number of halogens is 2. The van der Waals surface area contributed by atoms with E-state index in [9.17, 15) is 13.6 Å². The van der Waals surface area contributed by atoms with E-state index in [1.807, 2.05) is 0 Å². The van der Waals surface area contributed by atoms with Gasteiger partial charge in [0, 0.05) is 30.8 Å². The molecule has 1 fully saturated rings. The highest BCUT2D eigenvalue weighted by Crippen LogP contribution is 2.18. The van der Waals surface area contributed by atoms with Crippen molar-refractivity contribution in [2.45, 2.75) is 25.3 Å². The van der Waals surface area contributed by atoms with Gasteiger partial charge in [0.05, 0.1) is 0 Å². The fraction of sp³-hybridized carbons (Fsp3) is 0.417. The zero-order valence-corrected chi connectivity index (χ0v) is 9.30. The molecule has 0 atom stereocenters. The molecule has 1 aliphatic rings. The van der Waals surface area contributed by atoms with Crippen molar-refractivity contribution in [1.82, 2.24) is 5.32 Å². The lowest BCUT2D eigenvalue weighted by atomic mass is 10.3. The predicted molar refractivity (Wildman–Crippen MR) is 60.6 cm³/mol. The van der Waals surface area contributed by atoms with Crippen LogP contribution in [0.25, 0.3) is 0 Å². The molecule has 2 rings (SSSR count). The third-order valence-electron chi connectivity index (χ3n) is 2.51. The maximum Gasteiger partial charge on any atom is 0.225 e. The van der Waals surface area contributed by atoms with E-state index in [0.717, 1.165) is 31.0 Å². The fourth-order valence-corrected chi connectivity index (χ4v) is 1.53. The molecular formula is C12H14F2N2O. The highest BCUT2D eigenvalue weighted by Gasteiger charge is 2.20. The Morgan fingerprint density at radius 3 is 2.47 bits per heavy atom. The second-order valence-electron chi connectivity index (χ2n) is 4.18. The molecule has 0 spiro atoms. The third-order valence-corrected chi connectivity index (χ3v) is 2.51. The summed E-state index contributed by atoms with van der Waals surface area (Å²) in [5.74, 6) is -1.64. The number of hydrogen-bond acceptors (Lipinski definition) is 2. The summed E-state index contributed by atoms with van der Waals surface area (Å²) in [6.07, 6.45) is 2.63. The number of anilines is 1. The van der Waals surface area contributed by atoms with E-state index in [2.05, 4.69) is 10.6 Å². The van der Waals surface area contributed by atoms with Gasteiger partial charge in [0.1, 0.15) is 11.6 Å². The van der Waals surface area contributed by atoms with E-state index >= 15 is 0 Å². The van der Waals surface area contributed by atoms with Crippen LogP contribution in [0, 0.1) is 11.6 Å². The van der Waals surface area contributed by atoms with Crippen molar-refractivity contribution in [2.75, 3.05) is 11.9 Å². The van der Waals surface area contributed by atoms with Crippen LogP contribution in [-0.4, -0.2) is 18.5 Å². The summed E-state index contributed by atoms with van der Waals surface area (Å²) in [5, 5.41) is 5.65. The predicted octanol–water partition coefficient (Wildman–Crippen LogP) is 2.05. The molecule has 1 amide bonds. The van der Waals surface area contributed by atoms with Crippen LogP contribution in [0.1, 0.15) is 19.3 Å². The van der Waals surface area contributed by atoms with E-state index in [-0.39, 0.29) is 11.6 Å². The number of amides is 1. The van der Waals surface area contributed by atoms with Gasteiger partial charge in [0.25, 0.3) is 0 Å². The lowest BCUT2D eigenvalue weighted by Crippen LogP contribution is -2.23. The number of carbonyl (C=O) groups excluding carboxylic acids is 1. The average Bonchev–Trinajstić information content (AvgIpc) is 2.99. The minimum Gasteiger partial charge on any atom is -0.326 e. The molecule has 0 aliphatic heterocycles. The van der Waals surface area contributed by atoms with Crippen molar-refractivity contribution < 1.29 is 13.6 Å². The summed E-state index contributed by atoms with van der Waals surface area (Å²) in [7, 11) is 0. The Morgan fingerprint density at radius 2 is 1.88 bits per heavy atom. The van der Waals surface area contributed by atoms with Gasteiger partial charge in [-0.15, -0.1) is 0 Å². The van der Waals surface area contributed by atoms with Crippen LogP contribution in [0.4, 0.5) is 14.5 Å². The van der Waals surface area contributed by atoms with Crippen LogP contribution in [0.2, 0.25) is 0 Å². The van der Waals surface area contributed by atoms with Crippen LogP contribution in [0.5, 0.6) is 0 Å². The summed E-state index contributed by atoms with van der Waals surface area (Å²) < 4.78 is 25.7. The Kier molecular flexibility index (Phi) is 3.68. The molecule has 92 valence electrons. The first-order chi connectivity index (χ1) is 8.13. The first kappa shape index (κ1) is 12.0. The second-order valence-corrected chi connectivity index (χ2v) is 4.18. The Hall–Kier alpha value is -1.49. The van der Waals surface area contributed by atoms with E-state index < -0.39 is 11.6 Å². The molecule has 1 aromatic carbocycles. The Balaban J connectivity index is 1.79. The van der Waals surface area contributed by atoms with E-state index in [0.29, 0.717) is 19.0 Å². The maximum absolute atomic E-state index is 12.8. The van der Waals surface area contributed by atoms with Crippen molar-refractivity contribution >= 4 is 11.6 Å². The van der Waals surface area contributed by atoms with Gasteiger partial charge in [-0.1, -0.05) is 0 Å². The zero-order chi connectivity index (χ0) is 12.3. The number of benzene rings is 1. The van der Waals surface area contributed by atoms with Gasteiger partial charge in [-0.2, -0.15) is 0 Å². The van der Waals surface area contributed by atoms with Crippen LogP contribution in [0.3, 0.4) is 0 Å². The minimum atomic E-state index is -0.698. The molecular weight excluding hydrogens is 226 g/mol. The van der Waals surface area contributed by atoms with E-state index in [1.165, 1.54) is 0 Å². The molecule has 17 heavy (non-hydrogen) atoms. The van der Waals surface area contributed by atoms with Gasteiger partial charge >= 0.3 is 0 Å². The molecule has 1 aromatic rings. The molecule has 2 N–H and O–H groups in total. The molecule has 0 unspecified atom stereocenters. The summed E-state index contributed by atoms with van der Waals surface area (Å²) in [5.41, 5.74) is 0.152. The zero-order valence-electron chi connectivity index (χ0n) is 9.30. The average molecular weight is 240 g/mol. The molecule has 0 saturated heterocycles. The van der Waals surface area contributed by atoms with Crippen molar-refractivity contribution in [3.8, 4) is 0 Å². The molecule has 0 radical (unpaired) electrons. The largest absolute Gasteiger partial charge is 0.326 e. The smallest absolute Gasteiger partial charge is 0.225 e. The normalized spacial score (nSPS) is 14.7. The van der Waals surface area contributed by atoms with Crippen molar-refractivity contribution in [3.63, 3.8) is 0 Å². The van der Waals surface area contributed by atoms with Crippen LogP contribution in [0.15, 0.2) is 18.2 Å². The molecule has 3 nitrogen and oxygen atoms in total. The second kappa shape index (κ2) is 5.23. The Morgan fingerprint density at radius 1 is 1.24 bits per heavy atom. The van der Waals surface area contributed by atoms with Crippen LogP contribution < -0.4 is 10.6 Å². The first-order valence-corrected chi connectivity index (χ1v) is 5.63. The standard InChI is InChI=1S/C12H14F2N2O/c13-8-5-9(14)7-11(6-8)16-12(17)3-4-15-10-1-2-10/h5-7,10,15H,1-4H2,(H,16,17). The van der Waals surface area contributed by atoms with Gasteiger partial charge in [-0.25, -0.2) is 8.78 Å². The third kappa shape index (κ3) is 4.11. The van der Waals surface area contributed by atoms with Crippen LogP contribution in [-0.2, 0) is 4.79 Å². The van der Waals surface area contributed by atoms with Gasteiger partial charge in [-0.3, -0.25) is 4.79 Å². The number of rotatable bonds is 5. The Labute approximate surface area is 98.2 Å². The van der Waals surface area contributed by atoms with Gasteiger partial charge in [-0.05, 0) is 25.0 Å². The highest BCUT2D eigenvalue weighted by molar-refractivity contribution is 5.90. The number of carbonyl (C=O) groups is 1. The van der Waals surface area contributed by atoms with E-state index in [1.54, 1.807) is 0 Å². The monoisotopic (exact) mass is 240 g/mol. The quantitative estimate of drug-likeness (QED) is 0.827. The molecule has 1 aliphatic carbocycles. The highest BCUT2D eigenvalue weighted by atomic mass is 19.1. The van der Waals surface area contributed by atoms with Crippen LogP contribution >= 0.6 is 0 Å². The lowest BCUT2D eigenvalue weighted by molar-refractivity contribution is -0.116. The summed E-state index contributed by atoms with van der Waals surface area (Å²) >= 11 is 0. The SMILES string of the molecule is O=C(CCNC1CC1)Nc1cc(F)cc(F)c1. The van der Waals surface area contributed by atoms with E-state index in [4.69, 9.17) is 0 Å². The summed E-state index contributed by atoms with van der Waals surface area (Å²) in [6.45, 7) is 0.592. The molecule has 0 heterocycles. The topological polar surface area (TPSA) is 41.1 Å². The molecule has 1 saturated carbocycles. The first-order valence-electron chi connectivity index (χ1n) is 5.63. The summed E-state index contributed by atoms with van der Waals surface area (Å²) in [4.78, 5) is 11.4. The minimum absolute atomic E-state index is 0.152. The molecule has 5 heteroatoms. The summed E-state index contributed by atoms with van der Waals surface area (Å²) in [6, 6.07) is 3.50. The van der Waals surface area contributed by atoms with Gasteiger partial charge in [0.2, 0.25) is 5.91 Å². The van der Waals surface area contributed by atoms with Crippen molar-refractivity contribution in [2.24, 2.45) is 0 Å². The molecule has 0 aromatic heterocycles. The fourth-order valence-electron chi connectivity index (χ4n) is 1.53. The Bertz CT molecular complexity index is 399. The number of hydrogen-bond donors (Lipinski definition) is 2. The molecule has 0 bridgehead atoms. The van der Waals surface area contributed by atoms with Gasteiger partial charge in [0.15, 0.2) is 0 Å².